The minimum atomic E-state index is 0.0507. The lowest BCUT2D eigenvalue weighted by atomic mass is 10.0. The molecule has 2 aromatic rings. The zero-order valence-electron chi connectivity index (χ0n) is 11.1. The summed E-state index contributed by atoms with van der Waals surface area (Å²) in [5, 5.41) is 3.48. The van der Waals surface area contributed by atoms with Gasteiger partial charge in [0.2, 0.25) is 0 Å². The van der Waals surface area contributed by atoms with Crippen LogP contribution in [-0.2, 0) is 0 Å². The van der Waals surface area contributed by atoms with Crippen molar-refractivity contribution in [3.8, 4) is 0 Å². The first-order chi connectivity index (χ1) is 8.70. The molecule has 0 aliphatic rings. The van der Waals surface area contributed by atoms with Crippen LogP contribution in [0, 0.1) is 13.8 Å². The Hall–Kier alpha value is -1.68. The Kier molecular flexibility index (Phi) is 4.10. The summed E-state index contributed by atoms with van der Waals surface area (Å²) in [5.41, 5.74) is 3.18. The van der Waals surface area contributed by atoms with E-state index in [-0.39, 0.29) is 6.04 Å². The second-order valence-electron chi connectivity index (χ2n) is 4.47. The molecule has 18 heavy (non-hydrogen) atoms. The van der Waals surface area contributed by atoms with E-state index < -0.39 is 0 Å². The number of nitrogens with one attached hydrogen (secondary N) is 1. The quantitative estimate of drug-likeness (QED) is 0.880. The van der Waals surface area contributed by atoms with Gasteiger partial charge in [0.05, 0.1) is 6.04 Å². The third kappa shape index (κ3) is 2.96. The number of hydrogen-bond donors (Lipinski definition) is 1. The van der Waals surface area contributed by atoms with Gasteiger partial charge in [-0.05, 0) is 31.0 Å². The fourth-order valence-corrected chi connectivity index (χ4v) is 1.93. The van der Waals surface area contributed by atoms with Crippen molar-refractivity contribution in [3.63, 3.8) is 0 Å². The second kappa shape index (κ2) is 5.78. The summed E-state index contributed by atoms with van der Waals surface area (Å²) in [5.74, 6) is 0.689. The van der Waals surface area contributed by atoms with Crippen molar-refractivity contribution >= 4 is 0 Å². The van der Waals surface area contributed by atoms with Crippen molar-refractivity contribution < 1.29 is 4.42 Å². The van der Waals surface area contributed by atoms with E-state index in [0.717, 1.165) is 29.8 Å². The maximum Gasteiger partial charge on any atom is 0.191 e. The maximum atomic E-state index is 5.31. The van der Waals surface area contributed by atoms with Crippen molar-refractivity contribution in [2.24, 2.45) is 0 Å². The summed E-state index contributed by atoms with van der Waals surface area (Å²) in [6, 6.07) is 2.18. The molecule has 1 atom stereocenters. The molecule has 0 aromatic carbocycles. The van der Waals surface area contributed by atoms with Crippen LogP contribution in [0.4, 0.5) is 0 Å². The van der Waals surface area contributed by atoms with E-state index in [1.54, 1.807) is 6.26 Å². The zero-order valence-corrected chi connectivity index (χ0v) is 11.1. The molecule has 2 aromatic heterocycles. The summed E-state index contributed by atoms with van der Waals surface area (Å²) in [6.07, 6.45) is 6.52. The summed E-state index contributed by atoms with van der Waals surface area (Å²) in [4.78, 5) is 8.66. The van der Waals surface area contributed by atoms with E-state index in [2.05, 4.69) is 28.3 Å². The normalized spacial score (nSPS) is 12.6. The molecule has 0 bridgehead atoms. The Morgan fingerprint density at radius 3 is 2.78 bits per heavy atom. The van der Waals surface area contributed by atoms with Crippen molar-refractivity contribution in [1.29, 1.82) is 0 Å². The van der Waals surface area contributed by atoms with Crippen LogP contribution in [0.2, 0.25) is 0 Å². The van der Waals surface area contributed by atoms with Crippen LogP contribution in [-0.4, -0.2) is 16.5 Å². The van der Waals surface area contributed by atoms with Gasteiger partial charge in [0.15, 0.2) is 5.89 Å². The fraction of sp³-hybridized carbons (Fsp3) is 0.429. The standard InChI is InChI=1S/C14H19N3O/c1-4-5-16-14(13-9-18-11(3)17-13)12-6-10(2)7-15-8-12/h6-9,14,16H,4-5H2,1-3H3. The average Bonchev–Trinajstić information content (AvgIpc) is 2.76. The molecular weight excluding hydrogens is 226 g/mol. The number of pyridine rings is 1. The van der Waals surface area contributed by atoms with Gasteiger partial charge in [-0.3, -0.25) is 4.98 Å². The number of aryl methyl sites for hydroxylation is 2. The van der Waals surface area contributed by atoms with Gasteiger partial charge in [0.25, 0.3) is 0 Å². The molecule has 4 nitrogen and oxygen atoms in total. The fourth-order valence-electron chi connectivity index (χ4n) is 1.93. The van der Waals surface area contributed by atoms with Gasteiger partial charge < -0.3 is 9.73 Å². The molecule has 1 N–H and O–H groups in total. The first-order valence-corrected chi connectivity index (χ1v) is 6.27. The van der Waals surface area contributed by atoms with Crippen LogP contribution >= 0.6 is 0 Å². The Labute approximate surface area is 107 Å². The van der Waals surface area contributed by atoms with Crippen LogP contribution in [0.5, 0.6) is 0 Å². The van der Waals surface area contributed by atoms with Gasteiger partial charge in [-0.15, -0.1) is 0 Å². The second-order valence-corrected chi connectivity index (χ2v) is 4.47. The lowest BCUT2D eigenvalue weighted by molar-refractivity contribution is 0.517. The highest BCUT2D eigenvalue weighted by molar-refractivity contribution is 5.26. The first-order valence-electron chi connectivity index (χ1n) is 6.27. The lowest BCUT2D eigenvalue weighted by Gasteiger charge is -2.16. The Morgan fingerprint density at radius 2 is 2.17 bits per heavy atom. The van der Waals surface area contributed by atoms with Gasteiger partial charge in [0, 0.05) is 19.3 Å². The average molecular weight is 245 g/mol. The van der Waals surface area contributed by atoms with Crippen LogP contribution < -0.4 is 5.32 Å². The Bertz CT molecular complexity index is 507. The number of rotatable bonds is 5. The molecule has 2 rings (SSSR count). The molecule has 0 radical (unpaired) electrons. The van der Waals surface area contributed by atoms with Crippen LogP contribution in [0.25, 0.3) is 0 Å². The van der Waals surface area contributed by atoms with Crippen LogP contribution in [0.1, 0.15) is 42.1 Å². The van der Waals surface area contributed by atoms with E-state index >= 15 is 0 Å². The van der Waals surface area contributed by atoms with E-state index in [1.807, 2.05) is 26.2 Å². The van der Waals surface area contributed by atoms with Gasteiger partial charge in [-0.25, -0.2) is 4.98 Å². The lowest BCUT2D eigenvalue weighted by Crippen LogP contribution is -2.23. The van der Waals surface area contributed by atoms with E-state index in [4.69, 9.17) is 4.42 Å². The van der Waals surface area contributed by atoms with Crippen molar-refractivity contribution in [1.82, 2.24) is 15.3 Å². The highest BCUT2D eigenvalue weighted by atomic mass is 16.3. The molecule has 0 aliphatic heterocycles. The molecule has 2 heterocycles. The molecule has 0 saturated heterocycles. The van der Waals surface area contributed by atoms with Crippen molar-refractivity contribution in [3.05, 3.63) is 47.4 Å². The molecule has 1 unspecified atom stereocenters. The molecule has 96 valence electrons. The number of oxazole rings is 1. The SMILES string of the molecule is CCCNC(c1cncc(C)c1)c1coc(C)n1. The molecule has 0 saturated carbocycles. The summed E-state index contributed by atoms with van der Waals surface area (Å²) >= 11 is 0. The van der Waals surface area contributed by atoms with E-state index in [0.29, 0.717) is 5.89 Å². The minimum Gasteiger partial charge on any atom is -0.449 e. The maximum absolute atomic E-state index is 5.31. The molecule has 0 amide bonds. The third-order valence-electron chi connectivity index (χ3n) is 2.76. The van der Waals surface area contributed by atoms with E-state index in [9.17, 15) is 0 Å². The van der Waals surface area contributed by atoms with Crippen molar-refractivity contribution in [2.45, 2.75) is 33.2 Å². The largest absolute Gasteiger partial charge is 0.449 e. The monoisotopic (exact) mass is 245 g/mol. The summed E-state index contributed by atoms with van der Waals surface area (Å²) < 4.78 is 5.31. The number of aromatic nitrogens is 2. The molecule has 0 aliphatic carbocycles. The smallest absolute Gasteiger partial charge is 0.191 e. The highest BCUT2D eigenvalue weighted by Crippen LogP contribution is 2.21. The molecule has 0 fully saturated rings. The van der Waals surface area contributed by atoms with Gasteiger partial charge in [-0.2, -0.15) is 0 Å². The number of nitrogens with zero attached hydrogens (tertiary/aromatic N) is 2. The predicted octanol–water partition coefficient (Wildman–Crippen LogP) is 2.78. The van der Waals surface area contributed by atoms with Gasteiger partial charge in [-0.1, -0.05) is 13.0 Å². The first kappa shape index (κ1) is 12.8. The zero-order chi connectivity index (χ0) is 13.0. The molecule has 0 spiro atoms. The highest BCUT2D eigenvalue weighted by Gasteiger charge is 2.17. The summed E-state index contributed by atoms with van der Waals surface area (Å²) in [6.45, 7) is 6.98. The summed E-state index contributed by atoms with van der Waals surface area (Å²) in [7, 11) is 0. The van der Waals surface area contributed by atoms with Gasteiger partial charge in [0.1, 0.15) is 12.0 Å². The minimum absolute atomic E-state index is 0.0507. The third-order valence-corrected chi connectivity index (χ3v) is 2.76. The predicted molar refractivity (Wildman–Crippen MR) is 70.4 cm³/mol. The molecular formula is C14H19N3O. The molecule has 4 heteroatoms. The van der Waals surface area contributed by atoms with Crippen LogP contribution in [0.3, 0.4) is 0 Å². The topological polar surface area (TPSA) is 51.0 Å². The van der Waals surface area contributed by atoms with Crippen LogP contribution in [0.15, 0.2) is 29.1 Å². The Balaban J connectivity index is 2.30. The van der Waals surface area contributed by atoms with E-state index in [1.165, 1.54) is 0 Å². The number of hydrogen-bond acceptors (Lipinski definition) is 4. The Morgan fingerprint density at radius 1 is 1.33 bits per heavy atom. The van der Waals surface area contributed by atoms with Gasteiger partial charge >= 0.3 is 0 Å². The van der Waals surface area contributed by atoms with Crippen molar-refractivity contribution in [2.75, 3.05) is 6.54 Å².